The quantitative estimate of drug-likeness (QED) is 0.651. The van der Waals surface area contributed by atoms with Gasteiger partial charge in [0.1, 0.15) is 5.82 Å². The van der Waals surface area contributed by atoms with Gasteiger partial charge in [-0.25, -0.2) is 4.39 Å². The molecule has 0 fully saturated rings. The molecule has 1 heterocycles. The maximum atomic E-state index is 13.5. The maximum Gasteiger partial charge on any atom is 0.140 e. The fourth-order valence-electron chi connectivity index (χ4n) is 1.15. The van der Waals surface area contributed by atoms with Crippen molar-refractivity contribution in [1.82, 2.24) is 0 Å². The molecule has 0 nitrogen and oxygen atoms in total. The lowest BCUT2D eigenvalue weighted by Crippen LogP contribution is -1.92. The van der Waals surface area contributed by atoms with Gasteiger partial charge in [-0.15, -0.1) is 11.3 Å². The molecule has 1 aromatic heterocycles. The van der Waals surface area contributed by atoms with E-state index in [2.05, 4.69) is 0 Å². The molecule has 0 radical (unpaired) electrons. The van der Waals surface area contributed by atoms with Gasteiger partial charge >= 0.3 is 0 Å². The van der Waals surface area contributed by atoms with Crippen LogP contribution in [0, 0.1) is 5.82 Å². The lowest BCUT2D eigenvalue weighted by molar-refractivity contribution is 0.584. The van der Waals surface area contributed by atoms with Crippen molar-refractivity contribution in [3.8, 4) is 0 Å². The molecular formula is C10H15FS. The predicted molar refractivity (Wildman–Crippen MR) is 52.5 cm³/mol. The van der Waals surface area contributed by atoms with Gasteiger partial charge < -0.3 is 0 Å². The Morgan fingerprint density at radius 3 is 2.00 bits per heavy atom. The maximum absolute atomic E-state index is 13.5. The molecule has 0 N–H and O–H groups in total. The fraction of sp³-hybridized carbons (Fsp3) is 0.600. The van der Waals surface area contributed by atoms with Crippen LogP contribution in [0.2, 0.25) is 0 Å². The third-order valence-corrected chi connectivity index (χ3v) is 3.21. The van der Waals surface area contributed by atoms with Crippen molar-refractivity contribution >= 4 is 11.3 Å². The van der Waals surface area contributed by atoms with Crippen LogP contribution < -0.4 is 0 Å². The van der Waals surface area contributed by atoms with Crippen LogP contribution in [0.3, 0.4) is 0 Å². The van der Waals surface area contributed by atoms with E-state index >= 15 is 0 Å². The Bertz CT molecular complexity index is 235. The standard InChI is InChI=1S/C10H15FS/c1-6(2)8-5-12-10(7(3)4)9(8)11/h5-7H,1-4H3. The molecule has 0 atom stereocenters. The molecule has 0 saturated heterocycles. The predicted octanol–water partition coefficient (Wildman–Crippen LogP) is 4.13. The summed E-state index contributed by atoms with van der Waals surface area (Å²) in [6, 6.07) is 0. The Morgan fingerprint density at radius 1 is 1.17 bits per heavy atom. The minimum absolute atomic E-state index is 0.0185. The molecule has 0 aliphatic carbocycles. The fourth-order valence-corrected chi connectivity index (χ4v) is 2.27. The number of hydrogen-bond acceptors (Lipinski definition) is 1. The Morgan fingerprint density at radius 2 is 1.75 bits per heavy atom. The molecule has 2 heteroatoms. The van der Waals surface area contributed by atoms with Gasteiger partial charge in [-0.05, 0) is 17.2 Å². The van der Waals surface area contributed by atoms with Crippen LogP contribution in [0.25, 0.3) is 0 Å². The minimum Gasteiger partial charge on any atom is -0.205 e. The number of hydrogen-bond donors (Lipinski definition) is 0. The minimum atomic E-state index is 0.0185. The summed E-state index contributed by atoms with van der Waals surface area (Å²) in [5, 5.41) is 1.94. The molecule has 0 saturated carbocycles. The van der Waals surface area contributed by atoms with Crippen LogP contribution in [0.1, 0.15) is 50.0 Å². The van der Waals surface area contributed by atoms with Crippen LogP contribution in [-0.2, 0) is 0 Å². The van der Waals surface area contributed by atoms with E-state index in [1.807, 2.05) is 33.1 Å². The normalized spacial score (nSPS) is 11.6. The van der Waals surface area contributed by atoms with Crippen molar-refractivity contribution in [2.24, 2.45) is 0 Å². The smallest absolute Gasteiger partial charge is 0.140 e. The SMILES string of the molecule is CC(C)c1csc(C(C)C)c1F. The zero-order valence-electron chi connectivity index (χ0n) is 8.02. The first-order chi connectivity index (χ1) is 5.54. The molecule has 0 aliphatic rings. The third-order valence-electron chi connectivity index (χ3n) is 1.93. The van der Waals surface area contributed by atoms with E-state index in [1.54, 1.807) is 0 Å². The first-order valence-corrected chi connectivity index (χ1v) is 5.18. The van der Waals surface area contributed by atoms with Crippen LogP contribution in [0.15, 0.2) is 5.38 Å². The Kier molecular flexibility index (Phi) is 2.89. The zero-order valence-corrected chi connectivity index (χ0v) is 8.83. The molecule has 0 bridgehead atoms. The van der Waals surface area contributed by atoms with E-state index in [1.165, 1.54) is 11.3 Å². The van der Waals surface area contributed by atoms with Gasteiger partial charge in [-0.3, -0.25) is 0 Å². The number of rotatable bonds is 2. The van der Waals surface area contributed by atoms with Gasteiger partial charge in [0, 0.05) is 10.4 Å². The first-order valence-electron chi connectivity index (χ1n) is 4.30. The summed E-state index contributed by atoms with van der Waals surface area (Å²) >= 11 is 1.54. The number of thiophene rings is 1. The third kappa shape index (κ3) is 1.69. The summed E-state index contributed by atoms with van der Waals surface area (Å²) in [6.07, 6.45) is 0. The molecule has 12 heavy (non-hydrogen) atoms. The van der Waals surface area contributed by atoms with Crippen LogP contribution in [0.5, 0.6) is 0 Å². The van der Waals surface area contributed by atoms with E-state index in [0.717, 1.165) is 10.4 Å². The average Bonchev–Trinajstić information content (AvgIpc) is 2.30. The van der Waals surface area contributed by atoms with Crippen molar-refractivity contribution in [3.63, 3.8) is 0 Å². The van der Waals surface area contributed by atoms with Crippen molar-refractivity contribution < 1.29 is 4.39 Å². The van der Waals surface area contributed by atoms with Gasteiger partial charge in [0.2, 0.25) is 0 Å². The highest BCUT2D eigenvalue weighted by Crippen LogP contribution is 2.31. The molecule has 1 aromatic rings. The monoisotopic (exact) mass is 186 g/mol. The van der Waals surface area contributed by atoms with Gasteiger partial charge in [0.15, 0.2) is 0 Å². The van der Waals surface area contributed by atoms with Crippen molar-refractivity contribution in [3.05, 3.63) is 21.6 Å². The van der Waals surface area contributed by atoms with E-state index in [0.29, 0.717) is 11.8 Å². The van der Waals surface area contributed by atoms with E-state index in [-0.39, 0.29) is 5.82 Å². The summed E-state index contributed by atoms with van der Waals surface area (Å²) < 4.78 is 13.5. The molecule has 0 amide bonds. The molecule has 0 aliphatic heterocycles. The van der Waals surface area contributed by atoms with Gasteiger partial charge in [-0.2, -0.15) is 0 Å². The first kappa shape index (κ1) is 9.72. The zero-order chi connectivity index (χ0) is 9.30. The van der Waals surface area contributed by atoms with Crippen LogP contribution in [0.4, 0.5) is 4.39 Å². The summed E-state index contributed by atoms with van der Waals surface area (Å²) in [6.45, 7) is 8.10. The molecule has 1 rings (SSSR count). The number of halogens is 1. The molecule has 68 valence electrons. The van der Waals surface area contributed by atoms with Crippen molar-refractivity contribution in [2.75, 3.05) is 0 Å². The van der Waals surface area contributed by atoms with Gasteiger partial charge in [0.25, 0.3) is 0 Å². The largest absolute Gasteiger partial charge is 0.205 e. The van der Waals surface area contributed by atoms with E-state index in [9.17, 15) is 4.39 Å². The molecule has 0 unspecified atom stereocenters. The topological polar surface area (TPSA) is 0 Å². The molecule has 0 spiro atoms. The Labute approximate surface area is 77.4 Å². The van der Waals surface area contributed by atoms with Crippen molar-refractivity contribution in [2.45, 2.75) is 39.5 Å². The van der Waals surface area contributed by atoms with Crippen LogP contribution in [-0.4, -0.2) is 0 Å². The summed E-state index contributed by atoms with van der Waals surface area (Å²) in [5.74, 6) is 0.626. The van der Waals surface area contributed by atoms with Crippen LogP contribution >= 0.6 is 11.3 Å². The van der Waals surface area contributed by atoms with Gasteiger partial charge in [0.05, 0.1) is 0 Å². The highest BCUT2D eigenvalue weighted by Gasteiger charge is 2.15. The highest BCUT2D eigenvalue weighted by molar-refractivity contribution is 7.10. The van der Waals surface area contributed by atoms with E-state index < -0.39 is 0 Å². The summed E-state index contributed by atoms with van der Waals surface area (Å²) in [7, 11) is 0. The Balaban J connectivity index is 3.04. The summed E-state index contributed by atoms with van der Waals surface area (Å²) in [4.78, 5) is 0.888. The van der Waals surface area contributed by atoms with Gasteiger partial charge in [-0.1, -0.05) is 27.7 Å². The highest BCUT2D eigenvalue weighted by atomic mass is 32.1. The average molecular weight is 186 g/mol. The lowest BCUT2D eigenvalue weighted by atomic mass is 10.0. The lowest BCUT2D eigenvalue weighted by Gasteiger charge is -2.03. The Hall–Kier alpha value is -0.370. The molecule has 0 aromatic carbocycles. The molecular weight excluding hydrogens is 171 g/mol. The van der Waals surface area contributed by atoms with Crippen molar-refractivity contribution in [1.29, 1.82) is 0 Å². The second-order valence-electron chi connectivity index (χ2n) is 3.68. The van der Waals surface area contributed by atoms with E-state index in [4.69, 9.17) is 0 Å². The summed E-state index contributed by atoms with van der Waals surface area (Å²) in [5.41, 5.74) is 0.865. The second-order valence-corrected chi connectivity index (χ2v) is 4.59. The second kappa shape index (κ2) is 3.56.